The van der Waals surface area contributed by atoms with Crippen LogP contribution in [0, 0.1) is 25.1 Å². The molecule has 0 saturated carbocycles. The lowest BCUT2D eigenvalue weighted by molar-refractivity contribution is -0.143. The summed E-state index contributed by atoms with van der Waals surface area (Å²) in [5.41, 5.74) is 9.40. The Morgan fingerprint density at radius 1 is 1.28 bits per heavy atom. The van der Waals surface area contributed by atoms with Crippen molar-refractivity contribution in [2.75, 3.05) is 18.0 Å². The summed E-state index contributed by atoms with van der Waals surface area (Å²) in [4.78, 5) is 18.1. The fourth-order valence-electron chi connectivity index (χ4n) is 3.84. The third-order valence-electron chi connectivity index (χ3n) is 5.19. The molecule has 0 aliphatic carbocycles. The van der Waals surface area contributed by atoms with Gasteiger partial charge in [0.25, 0.3) is 0 Å². The number of ether oxygens (including phenoxy) is 1. The topological polar surface area (TPSA) is 92.3 Å². The second-order valence-electron chi connectivity index (χ2n) is 7.56. The van der Waals surface area contributed by atoms with Gasteiger partial charge in [-0.15, -0.1) is 0 Å². The van der Waals surface area contributed by atoms with Crippen molar-refractivity contribution in [3.05, 3.63) is 58.7 Å². The zero-order valence-corrected chi connectivity index (χ0v) is 16.9. The predicted octanol–water partition coefficient (Wildman–Crippen LogP) is 3.59. The molecule has 7 heteroatoms. The molecule has 1 aliphatic rings. The van der Waals surface area contributed by atoms with Crippen LogP contribution in [0.2, 0.25) is 0 Å². The third kappa shape index (κ3) is 5.31. The van der Waals surface area contributed by atoms with E-state index in [9.17, 15) is 9.18 Å². The van der Waals surface area contributed by atoms with Crippen LogP contribution in [0.3, 0.4) is 0 Å². The first-order chi connectivity index (χ1) is 13.8. The third-order valence-corrected chi connectivity index (χ3v) is 5.19. The maximum absolute atomic E-state index is 15.0. The molecule has 1 fully saturated rings. The number of aryl methyl sites for hydroxylation is 2. The monoisotopic (exact) mass is 398 g/mol. The maximum Gasteiger partial charge on any atom is 0.313 e. The lowest BCUT2D eigenvalue weighted by Crippen LogP contribution is -2.33. The molecular formula is C22H27FN4O2. The summed E-state index contributed by atoms with van der Waals surface area (Å²) in [6.45, 7) is 5.37. The Morgan fingerprint density at radius 2 is 1.93 bits per heavy atom. The van der Waals surface area contributed by atoms with Crippen LogP contribution in [0.1, 0.15) is 47.7 Å². The number of rotatable bonds is 6. The summed E-state index contributed by atoms with van der Waals surface area (Å²) in [7, 11) is 0. The van der Waals surface area contributed by atoms with Crippen LogP contribution in [0.5, 0.6) is 0 Å². The molecule has 0 radical (unpaired) electrons. The molecule has 1 aromatic carbocycles. The highest BCUT2D eigenvalue weighted by Gasteiger charge is 2.24. The number of esters is 1. The highest BCUT2D eigenvalue weighted by atomic mass is 19.1. The number of carbonyl (C=O) groups excluding carboxylic acids is 1. The molecule has 0 spiro atoms. The number of aromatic nitrogens is 1. The molecule has 1 aromatic heterocycles. The summed E-state index contributed by atoms with van der Waals surface area (Å²) < 4.78 is 20.0. The number of piperidine rings is 1. The average molecular weight is 398 g/mol. The van der Waals surface area contributed by atoms with E-state index in [1.165, 1.54) is 5.56 Å². The standard InChI is InChI=1S/C22H27FN4O2/c1-14-10-18(11-15(2)26-14)16-6-8-27(9-7-16)19-5-3-4-17(22(19)23)13-29-21(28)12-20(24)25/h3-5,10-11,16H,6-9,12-13H2,1-2H3,(H3,24,25). The molecule has 0 bridgehead atoms. The minimum absolute atomic E-state index is 0.169. The van der Waals surface area contributed by atoms with Gasteiger partial charge in [0.1, 0.15) is 18.9 Å². The molecule has 1 saturated heterocycles. The van der Waals surface area contributed by atoms with Gasteiger partial charge in [-0.3, -0.25) is 15.2 Å². The Morgan fingerprint density at radius 3 is 2.55 bits per heavy atom. The van der Waals surface area contributed by atoms with E-state index in [0.29, 0.717) is 17.2 Å². The van der Waals surface area contributed by atoms with Gasteiger partial charge < -0.3 is 15.4 Å². The quantitative estimate of drug-likeness (QED) is 0.441. The first-order valence-electron chi connectivity index (χ1n) is 9.79. The van der Waals surface area contributed by atoms with E-state index in [2.05, 4.69) is 17.1 Å². The van der Waals surface area contributed by atoms with Crippen molar-refractivity contribution < 1.29 is 13.9 Å². The van der Waals surface area contributed by atoms with Gasteiger partial charge in [0.2, 0.25) is 0 Å². The van der Waals surface area contributed by atoms with E-state index in [-0.39, 0.29) is 24.7 Å². The Labute approximate surface area is 170 Å². The summed E-state index contributed by atoms with van der Waals surface area (Å²) in [5, 5.41) is 7.11. The lowest BCUT2D eigenvalue weighted by Gasteiger charge is -2.34. The Kier molecular flexibility index (Phi) is 6.46. The smallest absolute Gasteiger partial charge is 0.313 e. The largest absolute Gasteiger partial charge is 0.460 e. The number of hydrogen-bond donors (Lipinski definition) is 2. The van der Waals surface area contributed by atoms with E-state index in [1.807, 2.05) is 18.7 Å². The Hall–Kier alpha value is -2.96. The minimum atomic E-state index is -0.633. The molecule has 0 unspecified atom stereocenters. The second-order valence-corrected chi connectivity index (χ2v) is 7.56. The maximum atomic E-state index is 15.0. The number of benzene rings is 1. The highest BCUT2D eigenvalue weighted by molar-refractivity contribution is 5.94. The summed E-state index contributed by atoms with van der Waals surface area (Å²) in [6.07, 6.45) is 1.60. The van der Waals surface area contributed by atoms with Gasteiger partial charge in [0, 0.05) is 30.0 Å². The number of halogens is 1. The summed E-state index contributed by atoms with van der Waals surface area (Å²) >= 11 is 0. The van der Waals surface area contributed by atoms with Gasteiger partial charge in [-0.05, 0) is 56.4 Å². The van der Waals surface area contributed by atoms with E-state index >= 15 is 0 Å². The number of amidine groups is 1. The number of anilines is 1. The van der Waals surface area contributed by atoms with Crippen molar-refractivity contribution in [1.82, 2.24) is 4.98 Å². The van der Waals surface area contributed by atoms with E-state index in [1.54, 1.807) is 18.2 Å². The van der Waals surface area contributed by atoms with Gasteiger partial charge in [0.15, 0.2) is 5.82 Å². The van der Waals surface area contributed by atoms with E-state index in [4.69, 9.17) is 15.9 Å². The van der Waals surface area contributed by atoms with Crippen molar-refractivity contribution in [1.29, 1.82) is 5.41 Å². The minimum Gasteiger partial charge on any atom is -0.460 e. The van der Waals surface area contributed by atoms with E-state index < -0.39 is 5.97 Å². The molecule has 2 aromatic rings. The van der Waals surface area contributed by atoms with Gasteiger partial charge in [-0.2, -0.15) is 0 Å². The Bertz CT molecular complexity index is 887. The molecule has 0 amide bonds. The predicted molar refractivity (Wildman–Crippen MR) is 111 cm³/mol. The summed E-state index contributed by atoms with van der Waals surface area (Å²) in [5.74, 6) is -0.819. The van der Waals surface area contributed by atoms with Crippen LogP contribution in [0.15, 0.2) is 30.3 Å². The number of nitrogens with two attached hydrogens (primary N) is 1. The number of carbonyl (C=O) groups is 1. The van der Waals surface area contributed by atoms with Gasteiger partial charge >= 0.3 is 5.97 Å². The van der Waals surface area contributed by atoms with Gasteiger partial charge in [-0.25, -0.2) is 4.39 Å². The average Bonchev–Trinajstić information content (AvgIpc) is 2.66. The molecule has 3 N–H and O–H groups in total. The molecule has 3 rings (SSSR count). The molecule has 154 valence electrons. The molecular weight excluding hydrogens is 371 g/mol. The van der Waals surface area contributed by atoms with Crippen molar-refractivity contribution in [2.45, 2.75) is 45.6 Å². The van der Waals surface area contributed by atoms with Crippen LogP contribution in [0.4, 0.5) is 10.1 Å². The van der Waals surface area contributed by atoms with Crippen molar-refractivity contribution in [3.63, 3.8) is 0 Å². The molecule has 29 heavy (non-hydrogen) atoms. The highest BCUT2D eigenvalue weighted by Crippen LogP contribution is 2.32. The molecule has 2 heterocycles. The van der Waals surface area contributed by atoms with Crippen molar-refractivity contribution >= 4 is 17.5 Å². The van der Waals surface area contributed by atoms with Gasteiger partial charge in [-0.1, -0.05) is 12.1 Å². The zero-order chi connectivity index (χ0) is 21.0. The number of pyridine rings is 1. The number of nitrogens with one attached hydrogen (secondary N) is 1. The van der Waals surface area contributed by atoms with Crippen LogP contribution in [0.25, 0.3) is 0 Å². The van der Waals surface area contributed by atoms with Crippen molar-refractivity contribution in [3.8, 4) is 0 Å². The first-order valence-corrected chi connectivity index (χ1v) is 9.79. The first kappa shape index (κ1) is 20.8. The number of hydrogen-bond acceptors (Lipinski definition) is 5. The molecule has 1 aliphatic heterocycles. The lowest BCUT2D eigenvalue weighted by atomic mass is 9.89. The number of nitrogens with zero attached hydrogens (tertiary/aromatic N) is 2. The summed E-state index contributed by atoms with van der Waals surface area (Å²) in [6, 6.07) is 9.43. The zero-order valence-electron chi connectivity index (χ0n) is 16.9. The SMILES string of the molecule is Cc1cc(C2CCN(c3cccc(COC(=O)CC(=N)N)c3F)CC2)cc(C)n1. The fraction of sp³-hybridized carbons (Fsp3) is 0.409. The van der Waals surface area contributed by atoms with Crippen LogP contribution in [-0.4, -0.2) is 29.9 Å². The van der Waals surface area contributed by atoms with Crippen LogP contribution < -0.4 is 10.6 Å². The fourth-order valence-corrected chi connectivity index (χ4v) is 3.84. The molecule has 0 atom stereocenters. The van der Waals surface area contributed by atoms with Crippen molar-refractivity contribution in [2.24, 2.45) is 5.73 Å². The second kappa shape index (κ2) is 9.03. The van der Waals surface area contributed by atoms with Gasteiger partial charge in [0.05, 0.1) is 5.69 Å². The normalized spacial score (nSPS) is 14.7. The molecule has 6 nitrogen and oxygen atoms in total. The van der Waals surface area contributed by atoms with Crippen LogP contribution in [-0.2, 0) is 16.1 Å². The Balaban J connectivity index is 1.64. The van der Waals surface area contributed by atoms with E-state index in [0.717, 1.165) is 37.3 Å². The van der Waals surface area contributed by atoms with Crippen LogP contribution >= 0.6 is 0 Å².